The second kappa shape index (κ2) is 18.7. The number of aryl methyl sites for hydroxylation is 1. The molecule has 3 aliphatic heterocycles. The van der Waals surface area contributed by atoms with Crippen LogP contribution >= 0.6 is 23.1 Å². The van der Waals surface area contributed by atoms with Crippen LogP contribution in [0.25, 0.3) is 10.4 Å². The summed E-state index contributed by atoms with van der Waals surface area (Å²) in [7, 11) is -3.60. The van der Waals surface area contributed by atoms with E-state index in [-0.39, 0.29) is 37.9 Å². The summed E-state index contributed by atoms with van der Waals surface area (Å²) in [5, 5.41) is 16.6. The molecule has 4 atom stereocenters. The molecule has 0 unspecified atom stereocenters. The van der Waals surface area contributed by atoms with Gasteiger partial charge in [-0.3, -0.25) is 19.3 Å². The van der Waals surface area contributed by atoms with Gasteiger partial charge in [-0.1, -0.05) is 36.4 Å². The van der Waals surface area contributed by atoms with E-state index in [4.69, 9.17) is 5.73 Å². The maximum absolute atomic E-state index is 15.1. The van der Waals surface area contributed by atoms with Crippen molar-refractivity contribution in [1.29, 1.82) is 0 Å². The summed E-state index contributed by atoms with van der Waals surface area (Å²) in [4.78, 5) is 51.0. The first-order valence-electron chi connectivity index (χ1n) is 21.4. The molecule has 0 bridgehead atoms. The van der Waals surface area contributed by atoms with Crippen LogP contribution < -0.4 is 16.4 Å². The summed E-state index contributed by atoms with van der Waals surface area (Å²) in [6.45, 7) is 10.6. The predicted octanol–water partition coefficient (Wildman–Crippen LogP) is 4.78. The second-order valence-corrected chi connectivity index (χ2v) is 22.4. The lowest BCUT2D eigenvalue weighted by molar-refractivity contribution is -0.143. The van der Waals surface area contributed by atoms with E-state index in [1.165, 1.54) is 9.21 Å². The highest BCUT2D eigenvalue weighted by Gasteiger charge is 2.54. The van der Waals surface area contributed by atoms with Gasteiger partial charge < -0.3 is 26.4 Å². The molecule has 17 heteroatoms. The van der Waals surface area contributed by atoms with E-state index < -0.39 is 56.3 Å². The van der Waals surface area contributed by atoms with Crippen LogP contribution in [-0.4, -0.2) is 123 Å². The third-order valence-electron chi connectivity index (χ3n) is 12.8. The normalized spacial score (nSPS) is 22.8. The number of sulfonamides is 1. The number of aliphatic hydroxyl groups is 1. The number of nitrogens with zero attached hydrogens (tertiary/aromatic N) is 4. The molecule has 1 aliphatic carbocycles. The highest BCUT2D eigenvalue weighted by molar-refractivity contribution is 8.00. The van der Waals surface area contributed by atoms with Crippen molar-refractivity contribution >= 4 is 50.8 Å². The first-order valence-corrected chi connectivity index (χ1v) is 24.7. The van der Waals surface area contributed by atoms with Crippen molar-refractivity contribution < 1.29 is 32.3 Å². The molecular formula is C44H60FN7O6S3. The molecule has 5 N–H and O–H groups in total. The average molecular weight is 898 g/mol. The summed E-state index contributed by atoms with van der Waals surface area (Å²) in [6.07, 6.45) is 2.38. The number of amides is 3. The lowest BCUT2D eigenvalue weighted by Crippen LogP contribution is -2.61. The topological polar surface area (TPSA) is 178 Å². The molecule has 1 aromatic heterocycles. The number of piperidine rings is 2. The van der Waals surface area contributed by atoms with E-state index in [9.17, 15) is 27.9 Å². The van der Waals surface area contributed by atoms with Crippen LogP contribution in [0.5, 0.6) is 0 Å². The number of halogens is 1. The molecule has 0 radical (unpaired) electrons. The van der Waals surface area contributed by atoms with Crippen LogP contribution in [0.1, 0.15) is 88.6 Å². The highest BCUT2D eigenvalue weighted by atomic mass is 32.2. The van der Waals surface area contributed by atoms with Gasteiger partial charge in [-0.05, 0) is 120 Å². The minimum atomic E-state index is -3.60. The molecule has 13 nitrogen and oxygen atoms in total. The van der Waals surface area contributed by atoms with E-state index >= 15 is 4.39 Å². The summed E-state index contributed by atoms with van der Waals surface area (Å²) < 4.78 is 42.5. The quantitative estimate of drug-likeness (QED) is 0.166. The summed E-state index contributed by atoms with van der Waals surface area (Å²) in [6, 6.07) is 12.6. The zero-order valence-corrected chi connectivity index (χ0v) is 38.0. The number of aromatic nitrogens is 1. The molecule has 332 valence electrons. The molecule has 1 saturated carbocycles. The van der Waals surface area contributed by atoms with Gasteiger partial charge in [-0.25, -0.2) is 17.8 Å². The Balaban J connectivity index is 0.961. The fourth-order valence-electron chi connectivity index (χ4n) is 8.55. The van der Waals surface area contributed by atoms with Gasteiger partial charge in [0.25, 0.3) is 5.91 Å². The zero-order chi connectivity index (χ0) is 43.7. The minimum absolute atomic E-state index is 0.0357. The van der Waals surface area contributed by atoms with Crippen molar-refractivity contribution in [1.82, 2.24) is 29.7 Å². The molecule has 4 aliphatic rings. The van der Waals surface area contributed by atoms with E-state index in [1.807, 2.05) is 63.5 Å². The Morgan fingerprint density at radius 3 is 2.38 bits per heavy atom. The Hall–Kier alpha value is -3.45. The zero-order valence-electron chi connectivity index (χ0n) is 35.5. The lowest BCUT2D eigenvalue weighted by atomic mass is 9.98. The molecule has 61 heavy (non-hydrogen) atoms. The fraction of sp³-hybridized carbons (Fsp3) is 0.591. The monoisotopic (exact) mass is 897 g/mol. The predicted molar refractivity (Wildman–Crippen MR) is 237 cm³/mol. The molecule has 7 rings (SSSR count). The van der Waals surface area contributed by atoms with Crippen LogP contribution in [-0.2, 0) is 31.0 Å². The van der Waals surface area contributed by atoms with Gasteiger partial charge in [-0.2, -0.15) is 16.1 Å². The number of hydrogen-bond acceptors (Lipinski definition) is 11. The molecule has 0 spiro atoms. The minimum Gasteiger partial charge on any atom is -0.391 e. The number of β-amino-alcohol motifs (C(OH)–C–C–N with tert-alkyl or cyclic N) is 1. The van der Waals surface area contributed by atoms with Crippen molar-refractivity contribution in [3.8, 4) is 10.4 Å². The Labute approximate surface area is 367 Å². The lowest BCUT2D eigenvalue weighted by Gasteiger charge is -2.39. The van der Waals surface area contributed by atoms with Gasteiger partial charge >= 0.3 is 0 Å². The van der Waals surface area contributed by atoms with Crippen LogP contribution in [0.3, 0.4) is 0 Å². The molecule has 2 aromatic carbocycles. The SMILES string of the molecule is Cc1ncsc1-c1ccc([C@H](C)NC(=O)[C@@H]2C[C@@H](O)CN2C(=O)[C@@H](NC(=O)C2(F)CC2)C(C)(C)SCC2CCN(Cc3cccc(S(=O)(=O)N4CCC(N)CC4)c3)CC2)cc1. The molecule has 4 heterocycles. The molecule has 3 saturated heterocycles. The van der Waals surface area contributed by atoms with Crippen LogP contribution in [0.15, 0.2) is 58.9 Å². The average Bonchev–Trinajstić information content (AvgIpc) is 3.64. The Bertz CT molecular complexity index is 2150. The molecular weight excluding hydrogens is 838 g/mol. The van der Waals surface area contributed by atoms with E-state index in [2.05, 4.69) is 20.5 Å². The van der Waals surface area contributed by atoms with Crippen LogP contribution in [0.4, 0.5) is 4.39 Å². The number of alkyl halides is 1. The largest absolute Gasteiger partial charge is 0.391 e. The van der Waals surface area contributed by atoms with Crippen LogP contribution in [0, 0.1) is 12.8 Å². The number of carbonyl (C=O) groups is 3. The van der Waals surface area contributed by atoms with Gasteiger partial charge in [0.05, 0.1) is 33.1 Å². The Morgan fingerprint density at radius 1 is 1.05 bits per heavy atom. The van der Waals surface area contributed by atoms with Gasteiger partial charge in [0, 0.05) is 43.4 Å². The van der Waals surface area contributed by atoms with Crippen molar-refractivity contribution in [2.75, 3.05) is 38.5 Å². The van der Waals surface area contributed by atoms with E-state index in [0.29, 0.717) is 49.0 Å². The number of aliphatic hydroxyl groups excluding tert-OH is 1. The van der Waals surface area contributed by atoms with Crippen LogP contribution in [0.2, 0.25) is 0 Å². The van der Waals surface area contributed by atoms with Crippen molar-refractivity contribution in [2.45, 2.75) is 125 Å². The number of rotatable bonds is 15. The first kappa shape index (κ1) is 45.6. The van der Waals surface area contributed by atoms with Crippen molar-refractivity contribution in [3.05, 3.63) is 70.9 Å². The number of benzene rings is 2. The van der Waals surface area contributed by atoms with E-state index in [0.717, 1.165) is 53.2 Å². The molecule has 4 fully saturated rings. The Kier molecular flexibility index (Phi) is 14.0. The third kappa shape index (κ3) is 10.7. The highest BCUT2D eigenvalue weighted by Crippen LogP contribution is 2.41. The number of nitrogens with two attached hydrogens (primary N) is 1. The number of hydrogen-bond donors (Lipinski definition) is 4. The maximum atomic E-state index is 15.1. The van der Waals surface area contributed by atoms with E-state index in [1.54, 1.807) is 41.3 Å². The first-order chi connectivity index (χ1) is 28.9. The third-order valence-corrected chi connectivity index (χ3v) is 17.3. The fourth-order valence-corrected chi connectivity index (χ4v) is 12.2. The second-order valence-electron chi connectivity index (χ2n) is 17.9. The van der Waals surface area contributed by atoms with Crippen molar-refractivity contribution in [3.63, 3.8) is 0 Å². The standard InChI is InChI=1S/C44H60FN7O6S3/c1-28(32-8-10-33(11-9-32)38-29(2)47-27-59-38)48-40(54)37-23-35(53)25-52(37)41(55)39(49-42(56)44(45)16-17-44)43(3,4)60-26-30-12-18-50(19-13-30)24-31-6-5-7-36(22-31)61(57,58)51-20-14-34(46)15-21-51/h5-11,22,27-28,30,34-35,37,39,53H,12-21,23-26,46H2,1-4H3,(H,48,54)(H,49,56)/t28-,35+,37-,39+/m0/s1. The number of nitrogens with one attached hydrogen (secondary N) is 2. The molecule has 3 amide bonds. The molecule has 3 aromatic rings. The maximum Gasteiger partial charge on any atom is 0.258 e. The summed E-state index contributed by atoms with van der Waals surface area (Å²) >= 11 is 3.11. The van der Waals surface area contributed by atoms with Gasteiger partial charge in [-0.15, -0.1) is 11.3 Å². The number of thiazole rings is 1. The summed E-state index contributed by atoms with van der Waals surface area (Å²) in [5.74, 6) is -0.747. The smallest absolute Gasteiger partial charge is 0.258 e. The van der Waals surface area contributed by atoms with Gasteiger partial charge in [0.15, 0.2) is 5.67 Å². The number of carbonyl (C=O) groups excluding carboxylic acids is 3. The summed E-state index contributed by atoms with van der Waals surface area (Å²) in [5.41, 5.74) is 9.60. The number of likely N-dealkylation sites (tertiary alicyclic amines) is 2. The van der Waals surface area contributed by atoms with Crippen molar-refractivity contribution in [2.24, 2.45) is 11.7 Å². The number of thioether (sulfide) groups is 1. The Morgan fingerprint density at radius 2 is 1.74 bits per heavy atom. The van der Waals surface area contributed by atoms with Gasteiger partial charge in [0.2, 0.25) is 21.8 Å². The van der Waals surface area contributed by atoms with Gasteiger partial charge in [0.1, 0.15) is 12.1 Å².